The molecule has 0 saturated carbocycles. The second-order valence-electron chi connectivity index (χ2n) is 4.21. The first kappa shape index (κ1) is 14.1. The first-order valence-corrected chi connectivity index (χ1v) is 7.53. The van der Waals surface area contributed by atoms with Crippen LogP contribution in [0.1, 0.15) is 19.8 Å². The molecule has 0 amide bonds. The second-order valence-corrected chi connectivity index (χ2v) is 5.29. The van der Waals surface area contributed by atoms with E-state index < -0.39 is 0 Å². The van der Waals surface area contributed by atoms with Crippen LogP contribution in [-0.4, -0.2) is 40.4 Å². The summed E-state index contributed by atoms with van der Waals surface area (Å²) in [7, 11) is 1.73. The standard InChI is InChI=1S/C13H20N4OS/c1-3-5-14-11-10-17-7-6-15-12(17)13(16-11)19-9-4-8-18-2/h6-7,10,14H,3-5,8-9H2,1-2H3. The number of fused-ring (bicyclic) bond motifs is 1. The quantitative estimate of drug-likeness (QED) is 0.595. The summed E-state index contributed by atoms with van der Waals surface area (Å²) in [5.41, 5.74) is 0.921. The number of hydrogen-bond donors (Lipinski definition) is 1. The number of imidazole rings is 1. The van der Waals surface area contributed by atoms with Crippen molar-refractivity contribution in [2.24, 2.45) is 0 Å². The highest BCUT2D eigenvalue weighted by Gasteiger charge is 2.07. The number of methoxy groups -OCH3 is 1. The van der Waals surface area contributed by atoms with Crippen molar-refractivity contribution in [3.63, 3.8) is 0 Å². The van der Waals surface area contributed by atoms with Gasteiger partial charge >= 0.3 is 0 Å². The number of aromatic nitrogens is 3. The zero-order valence-electron chi connectivity index (χ0n) is 11.4. The van der Waals surface area contributed by atoms with Crippen molar-refractivity contribution in [2.75, 3.05) is 31.3 Å². The molecule has 0 aromatic carbocycles. The van der Waals surface area contributed by atoms with Gasteiger partial charge in [0, 0.05) is 38.4 Å². The first-order valence-electron chi connectivity index (χ1n) is 6.54. The molecule has 0 aliphatic carbocycles. The highest BCUT2D eigenvalue weighted by molar-refractivity contribution is 7.99. The predicted molar refractivity (Wildman–Crippen MR) is 79.0 cm³/mol. The Morgan fingerprint density at radius 1 is 1.47 bits per heavy atom. The maximum Gasteiger partial charge on any atom is 0.169 e. The summed E-state index contributed by atoms with van der Waals surface area (Å²) in [5.74, 6) is 1.89. The van der Waals surface area contributed by atoms with Crippen LogP contribution in [0.25, 0.3) is 5.65 Å². The Hall–Kier alpha value is -1.27. The van der Waals surface area contributed by atoms with Gasteiger partial charge in [-0.15, -0.1) is 11.8 Å². The fraction of sp³-hybridized carbons (Fsp3) is 0.538. The van der Waals surface area contributed by atoms with Crippen molar-refractivity contribution in [1.82, 2.24) is 14.4 Å². The molecule has 0 aliphatic rings. The summed E-state index contributed by atoms with van der Waals surface area (Å²) in [5, 5.41) is 4.29. The molecular formula is C13H20N4OS. The molecule has 2 aromatic heterocycles. The van der Waals surface area contributed by atoms with E-state index in [-0.39, 0.29) is 0 Å². The number of hydrogen-bond acceptors (Lipinski definition) is 5. The Labute approximate surface area is 117 Å². The van der Waals surface area contributed by atoms with Crippen LogP contribution in [0.4, 0.5) is 5.82 Å². The van der Waals surface area contributed by atoms with E-state index >= 15 is 0 Å². The zero-order chi connectivity index (χ0) is 13.5. The van der Waals surface area contributed by atoms with Gasteiger partial charge in [0.25, 0.3) is 0 Å². The third kappa shape index (κ3) is 3.84. The van der Waals surface area contributed by atoms with Crippen molar-refractivity contribution in [2.45, 2.75) is 24.8 Å². The monoisotopic (exact) mass is 280 g/mol. The molecule has 0 unspecified atom stereocenters. The molecule has 6 heteroatoms. The highest BCUT2D eigenvalue weighted by atomic mass is 32.2. The van der Waals surface area contributed by atoms with E-state index in [9.17, 15) is 0 Å². The van der Waals surface area contributed by atoms with Gasteiger partial charge in [0.15, 0.2) is 5.65 Å². The normalized spacial score (nSPS) is 11.1. The number of rotatable bonds is 8. The van der Waals surface area contributed by atoms with E-state index in [0.717, 1.165) is 48.2 Å². The topological polar surface area (TPSA) is 51.5 Å². The van der Waals surface area contributed by atoms with Crippen molar-refractivity contribution < 1.29 is 4.74 Å². The third-order valence-electron chi connectivity index (χ3n) is 2.63. The SMILES string of the molecule is CCCNc1cn2ccnc2c(SCCCOC)n1. The van der Waals surface area contributed by atoms with E-state index in [4.69, 9.17) is 4.74 Å². The minimum Gasteiger partial charge on any atom is -0.385 e. The summed E-state index contributed by atoms with van der Waals surface area (Å²) >= 11 is 1.73. The smallest absolute Gasteiger partial charge is 0.169 e. The number of anilines is 1. The summed E-state index contributed by atoms with van der Waals surface area (Å²) in [4.78, 5) is 9.00. The molecule has 2 rings (SSSR count). The lowest BCUT2D eigenvalue weighted by atomic mass is 10.5. The van der Waals surface area contributed by atoms with E-state index in [0.29, 0.717) is 0 Å². The van der Waals surface area contributed by atoms with E-state index in [1.165, 1.54) is 0 Å². The van der Waals surface area contributed by atoms with E-state index in [1.54, 1.807) is 25.1 Å². The van der Waals surface area contributed by atoms with Crippen LogP contribution in [0.15, 0.2) is 23.6 Å². The molecule has 104 valence electrons. The van der Waals surface area contributed by atoms with Crippen LogP contribution in [0.5, 0.6) is 0 Å². The zero-order valence-corrected chi connectivity index (χ0v) is 12.2. The Morgan fingerprint density at radius 2 is 2.37 bits per heavy atom. The van der Waals surface area contributed by atoms with Crippen LogP contribution >= 0.6 is 11.8 Å². The molecule has 5 nitrogen and oxygen atoms in total. The van der Waals surface area contributed by atoms with Gasteiger partial charge in [-0.05, 0) is 12.8 Å². The lowest BCUT2D eigenvalue weighted by Crippen LogP contribution is -2.04. The Balaban J connectivity index is 2.12. The number of nitrogens with one attached hydrogen (secondary N) is 1. The largest absolute Gasteiger partial charge is 0.385 e. The van der Waals surface area contributed by atoms with Gasteiger partial charge < -0.3 is 14.5 Å². The van der Waals surface area contributed by atoms with E-state index in [1.807, 2.05) is 16.8 Å². The predicted octanol–water partition coefficient (Wildman–Crippen LogP) is 2.68. The molecule has 2 heterocycles. The summed E-state index contributed by atoms with van der Waals surface area (Å²) in [6, 6.07) is 0. The van der Waals surface area contributed by atoms with E-state index in [2.05, 4.69) is 22.2 Å². The fourth-order valence-electron chi connectivity index (χ4n) is 1.71. The lowest BCUT2D eigenvalue weighted by Gasteiger charge is -2.08. The molecule has 2 aromatic rings. The molecular weight excluding hydrogens is 260 g/mol. The number of thioether (sulfide) groups is 1. The number of ether oxygens (including phenoxy) is 1. The van der Waals surface area contributed by atoms with Gasteiger partial charge in [-0.3, -0.25) is 0 Å². The van der Waals surface area contributed by atoms with Crippen LogP contribution in [0.2, 0.25) is 0 Å². The minimum atomic E-state index is 0.783. The van der Waals surface area contributed by atoms with Gasteiger partial charge in [-0.2, -0.15) is 0 Å². The molecule has 0 fully saturated rings. The maximum absolute atomic E-state index is 5.06. The van der Waals surface area contributed by atoms with Gasteiger partial charge in [-0.25, -0.2) is 9.97 Å². The first-order chi connectivity index (χ1) is 9.35. The average molecular weight is 280 g/mol. The summed E-state index contributed by atoms with van der Waals surface area (Å²) in [6.45, 7) is 3.86. The molecule has 0 atom stereocenters. The maximum atomic E-state index is 5.06. The van der Waals surface area contributed by atoms with Crippen LogP contribution in [-0.2, 0) is 4.74 Å². The van der Waals surface area contributed by atoms with Crippen molar-refractivity contribution in [3.05, 3.63) is 18.6 Å². The average Bonchev–Trinajstić information content (AvgIpc) is 2.89. The molecule has 0 aliphatic heterocycles. The molecule has 0 spiro atoms. The lowest BCUT2D eigenvalue weighted by molar-refractivity contribution is 0.200. The molecule has 0 radical (unpaired) electrons. The van der Waals surface area contributed by atoms with Gasteiger partial charge in [0.05, 0.1) is 6.20 Å². The van der Waals surface area contributed by atoms with Gasteiger partial charge in [0.2, 0.25) is 0 Å². The highest BCUT2D eigenvalue weighted by Crippen LogP contribution is 2.23. The second kappa shape index (κ2) is 7.35. The third-order valence-corrected chi connectivity index (χ3v) is 3.67. The van der Waals surface area contributed by atoms with Crippen molar-refractivity contribution in [1.29, 1.82) is 0 Å². The minimum absolute atomic E-state index is 0.783. The Morgan fingerprint density at radius 3 is 3.16 bits per heavy atom. The molecule has 1 N–H and O–H groups in total. The number of nitrogens with zero attached hydrogens (tertiary/aromatic N) is 3. The van der Waals surface area contributed by atoms with Crippen LogP contribution in [0, 0.1) is 0 Å². The van der Waals surface area contributed by atoms with Crippen molar-refractivity contribution >= 4 is 23.2 Å². The molecule has 0 saturated heterocycles. The molecule has 0 bridgehead atoms. The Bertz CT molecular complexity index is 514. The molecule has 19 heavy (non-hydrogen) atoms. The Kier molecular flexibility index (Phi) is 5.47. The van der Waals surface area contributed by atoms with Crippen molar-refractivity contribution in [3.8, 4) is 0 Å². The summed E-state index contributed by atoms with van der Waals surface area (Å²) < 4.78 is 7.08. The van der Waals surface area contributed by atoms with Gasteiger partial charge in [0.1, 0.15) is 10.8 Å². The van der Waals surface area contributed by atoms with Gasteiger partial charge in [-0.1, -0.05) is 6.92 Å². The van der Waals surface area contributed by atoms with Crippen LogP contribution < -0.4 is 5.32 Å². The fourth-order valence-corrected chi connectivity index (χ4v) is 2.62. The summed E-state index contributed by atoms with van der Waals surface area (Å²) in [6.07, 6.45) is 7.84. The van der Waals surface area contributed by atoms with Crippen LogP contribution in [0.3, 0.4) is 0 Å².